The Balaban J connectivity index is 1.08. The van der Waals surface area contributed by atoms with E-state index < -0.39 is 24.0 Å². The number of nitrogens with zero attached hydrogens (tertiary/aromatic N) is 3. The lowest BCUT2D eigenvalue weighted by molar-refractivity contribution is -0.187. The third-order valence-electron chi connectivity index (χ3n) is 9.33. The van der Waals surface area contributed by atoms with E-state index in [-0.39, 0.29) is 42.7 Å². The van der Waals surface area contributed by atoms with E-state index in [9.17, 15) is 23.1 Å². The average Bonchev–Trinajstić information content (AvgIpc) is 3.44. The fraction of sp³-hybridized carbons (Fsp3) is 0.621. The van der Waals surface area contributed by atoms with Gasteiger partial charge in [0, 0.05) is 29.5 Å². The highest BCUT2D eigenvalue weighted by atomic mass is 32.1. The standard InChI is InChI=1S/C29H32F3N3O4S/c30-29(31,32)22-4-2-1-3-20(22)25-21(26(39-34-25)15-5-6-15)14-38-19-12-17-8-9-18(13-19)35(17)28-33-23-10-7-16(27(36)37)11-24(23)40-28/h7,10-11,15,17-20,22H,1-6,8-9,12-14H2,(H,36,37). The van der Waals surface area contributed by atoms with Gasteiger partial charge in [-0.3, -0.25) is 0 Å². The monoisotopic (exact) mass is 575 g/mol. The van der Waals surface area contributed by atoms with Crippen molar-refractivity contribution in [3.05, 3.63) is 40.8 Å². The molecule has 0 amide bonds. The van der Waals surface area contributed by atoms with Crippen LogP contribution in [0.2, 0.25) is 0 Å². The van der Waals surface area contributed by atoms with Crippen molar-refractivity contribution in [2.24, 2.45) is 5.92 Å². The SMILES string of the molecule is O=C(O)c1ccc2nc(N3C4CCC3CC(OCc3c(C5CCCCC5C(F)(F)F)noc3C3CC3)C4)sc2c1. The molecule has 2 aliphatic heterocycles. The number of carboxylic acids is 1. The van der Waals surface area contributed by atoms with Crippen LogP contribution >= 0.6 is 11.3 Å². The maximum Gasteiger partial charge on any atom is 0.392 e. The summed E-state index contributed by atoms with van der Waals surface area (Å²) in [7, 11) is 0. The molecular formula is C29H32F3N3O4S. The molecule has 214 valence electrons. The molecule has 2 saturated carbocycles. The number of halogens is 3. The molecule has 4 aliphatic rings. The molecule has 2 aromatic heterocycles. The molecule has 40 heavy (non-hydrogen) atoms. The van der Waals surface area contributed by atoms with Gasteiger partial charge in [0.15, 0.2) is 5.13 Å². The molecule has 3 aromatic rings. The minimum absolute atomic E-state index is 0.00122. The number of rotatable bonds is 7. The summed E-state index contributed by atoms with van der Waals surface area (Å²) in [5, 5.41) is 14.5. The predicted octanol–water partition coefficient (Wildman–Crippen LogP) is 7.41. The maximum absolute atomic E-state index is 13.9. The maximum atomic E-state index is 13.9. The molecule has 2 aliphatic carbocycles. The van der Waals surface area contributed by atoms with E-state index in [1.54, 1.807) is 18.2 Å². The van der Waals surface area contributed by atoms with Gasteiger partial charge in [-0.2, -0.15) is 13.2 Å². The first-order chi connectivity index (χ1) is 19.3. The van der Waals surface area contributed by atoms with E-state index in [1.165, 1.54) is 11.3 Å². The lowest BCUT2D eigenvalue weighted by Gasteiger charge is -2.38. The second-order valence-corrected chi connectivity index (χ2v) is 12.9. The number of hydrogen-bond donors (Lipinski definition) is 1. The quantitative estimate of drug-likeness (QED) is 0.314. The van der Waals surface area contributed by atoms with Crippen molar-refractivity contribution < 1.29 is 32.3 Å². The van der Waals surface area contributed by atoms with Crippen LogP contribution in [0.4, 0.5) is 18.3 Å². The van der Waals surface area contributed by atoms with Gasteiger partial charge in [0.2, 0.25) is 0 Å². The second kappa shape index (κ2) is 10.0. The van der Waals surface area contributed by atoms with E-state index in [0.717, 1.165) is 71.6 Å². The lowest BCUT2D eigenvalue weighted by atomic mass is 9.76. The van der Waals surface area contributed by atoms with Crippen molar-refractivity contribution in [3.63, 3.8) is 0 Å². The van der Waals surface area contributed by atoms with Gasteiger partial charge in [-0.15, -0.1) is 0 Å². The Labute approximate surface area is 233 Å². The fourth-order valence-electron chi connectivity index (χ4n) is 7.22. The molecule has 2 saturated heterocycles. The predicted molar refractivity (Wildman–Crippen MR) is 143 cm³/mol. The number of benzene rings is 1. The molecule has 1 aromatic carbocycles. The zero-order valence-electron chi connectivity index (χ0n) is 22.0. The van der Waals surface area contributed by atoms with Crippen LogP contribution in [0.1, 0.15) is 103 Å². The number of ether oxygens (including phenoxy) is 1. The number of fused-ring (bicyclic) bond motifs is 3. The van der Waals surface area contributed by atoms with Crippen molar-refractivity contribution >= 4 is 32.7 Å². The summed E-state index contributed by atoms with van der Waals surface area (Å²) >= 11 is 1.53. The molecule has 1 N–H and O–H groups in total. The van der Waals surface area contributed by atoms with Crippen LogP contribution in [0, 0.1) is 5.92 Å². The number of piperidine rings is 1. The van der Waals surface area contributed by atoms with Gasteiger partial charge in [0.05, 0.1) is 40.1 Å². The van der Waals surface area contributed by atoms with Gasteiger partial charge in [-0.1, -0.05) is 29.3 Å². The largest absolute Gasteiger partial charge is 0.478 e. The van der Waals surface area contributed by atoms with Crippen molar-refractivity contribution in [3.8, 4) is 0 Å². The minimum atomic E-state index is -4.25. The van der Waals surface area contributed by atoms with E-state index >= 15 is 0 Å². The van der Waals surface area contributed by atoms with Crippen LogP contribution < -0.4 is 4.90 Å². The number of hydrogen-bond acceptors (Lipinski definition) is 7. The van der Waals surface area contributed by atoms with Gasteiger partial charge in [-0.25, -0.2) is 9.78 Å². The summed E-state index contributed by atoms with van der Waals surface area (Å²) in [5.74, 6) is -2.02. The van der Waals surface area contributed by atoms with Crippen LogP contribution in [0.5, 0.6) is 0 Å². The van der Waals surface area contributed by atoms with E-state index in [0.29, 0.717) is 18.5 Å². The Morgan fingerprint density at radius 1 is 1.10 bits per heavy atom. The average molecular weight is 576 g/mol. The Hall–Kier alpha value is -2.66. The van der Waals surface area contributed by atoms with Crippen molar-refractivity contribution in [1.29, 1.82) is 0 Å². The Morgan fingerprint density at radius 3 is 2.55 bits per heavy atom. The van der Waals surface area contributed by atoms with Crippen molar-refractivity contribution in [1.82, 2.24) is 10.1 Å². The lowest BCUT2D eigenvalue weighted by Crippen LogP contribution is -2.45. The number of carboxylic acid groups (broad SMARTS) is 1. The van der Waals surface area contributed by atoms with E-state index in [2.05, 4.69) is 10.1 Å². The zero-order chi connectivity index (χ0) is 27.6. The van der Waals surface area contributed by atoms with E-state index in [1.807, 2.05) is 0 Å². The molecule has 7 rings (SSSR count). The molecule has 0 spiro atoms. The molecule has 4 atom stereocenters. The topological polar surface area (TPSA) is 88.7 Å². The molecule has 4 unspecified atom stereocenters. The first-order valence-electron chi connectivity index (χ1n) is 14.3. The van der Waals surface area contributed by atoms with E-state index in [4.69, 9.17) is 14.2 Å². The summed E-state index contributed by atoms with van der Waals surface area (Å²) < 4.78 is 54.8. The molecule has 4 fully saturated rings. The Kier molecular flexibility index (Phi) is 6.57. The molecule has 7 nitrogen and oxygen atoms in total. The number of alkyl halides is 3. The van der Waals surface area contributed by atoms with Gasteiger partial charge < -0.3 is 19.3 Å². The molecule has 11 heteroatoms. The van der Waals surface area contributed by atoms with Gasteiger partial charge >= 0.3 is 12.1 Å². The number of carbonyl (C=O) groups is 1. The van der Waals surface area contributed by atoms with Crippen LogP contribution in [-0.4, -0.2) is 45.6 Å². The first kappa shape index (κ1) is 26.3. The summed E-state index contributed by atoms with van der Waals surface area (Å²) in [6.45, 7) is 0.245. The highest BCUT2D eigenvalue weighted by molar-refractivity contribution is 7.22. The zero-order valence-corrected chi connectivity index (χ0v) is 22.8. The van der Waals surface area contributed by atoms with Gasteiger partial charge in [0.25, 0.3) is 0 Å². The van der Waals surface area contributed by atoms with Crippen LogP contribution in [0.25, 0.3) is 10.2 Å². The second-order valence-electron chi connectivity index (χ2n) is 11.9. The first-order valence-corrected chi connectivity index (χ1v) is 15.2. The Bertz CT molecular complexity index is 1400. The summed E-state index contributed by atoms with van der Waals surface area (Å²) in [6.07, 6.45) is 3.40. The Morgan fingerprint density at radius 2 is 1.85 bits per heavy atom. The summed E-state index contributed by atoms with van der Waals surface area (Å²) in [5.41, 5.74) is 2.29. The smallest absolute Gasteiger partial charge is 0.392 e. The van der Waals surface area contributed by atoms with Crippen molar-refractivity contribution in [2.75, 3.05) is 4.90 Å². The third kappa shape index (κ3) is 4.78. The number of thiazole rings is 1. The number of aromatic carboxylic acids is 1. The number of aromatic nitrogens is 2. The molecule has 2 bridgehead atoms. The third-order valence-corrected chi connectivity index (χ3v) is 10.4. The summed E-state index contributed by atoms with van der Waals surface area (Å²) in [4.78, 5) is 18.6. The van der Waals surface area contributed by atoms with Crippen molar-refractivity contribution in [2.45, 2.75) is 107 Å². The number of anilines is 1. The van der Waals surface area contributed by atoms with Gasteiger partial charge in [0.1, 0.15) is 5.76 Å². The normalized spacial score (nSPS) is 28.9. The van der Waals surface area contributed by atoms with Crippen LogP contribution in [0.3, 0.4) is 0 Å². The van der Waals surface area contributed by atoms with Gasteiger partial charge in [-0.05, 0) is 69.6 Å². The van der Waals surface area contributed by atoms with Crippen LogP contribution in [-0.2, 0) is 11.3 Å². The van der Waals surface area contributed by atoms with Crippen LogP contribution in [0.15, 0.2) is 22.7 Å². The molecule has 0 radical (unpaired) electrons. The fourth-order valence-corrected chi connectivity index (χ4v) is 8.37. The highest BCUT2D eigenvalue weighted by Gasteiger charge is 2.49. The highest BCUT2D eigenvalue weighted by Crippen LogP contribution is 2.50. The molecule has 4 heterocycles. The summed E-state index contributed by atoms with van der Waals surface area (Å²) in [6, 6.07) is 5.56. The molecular weight excluding hydrogens is 543 g/mol. The minimum Gasteiger partial charge on any atom is -0.478 e.